The maximum absolute atomic E-state index is 6.65. The van der Waals surface area contributed by atoms with E-state index in [0.717, 1.165) is 22.6 Å². The Morgan fingerprint density at radius 3 is 2.52 bits per heavy atom. The Bertz CT molecular complexity index is 639. The normalized spacial score (nSPS) is 18.9. The number of aryl methyl sites for hydroxylation is 1. The third kappa shape index (κ3) is 3.01. The van der Waals surface area contributed by atoms with Crippen LogP contribution in [0.15, 0.2) is 42.5 Å². The van der Waals surface area contributed by atoms with E-state index in [2.05, 4.69) is 26.0 Å². The van der Waals surface area contributed by atoms with Crippen LogP contribution in [-0.4, -0.2) is 13.2 Å². The molecule has 2 unspecified atom stereocenters. The van der Waals surface area contributed by atoms with Crippen molar-refractivity contribution in [2.45, 2.75) is 19.2 Å². The van der Waals surface area contributed by atoms with E-state index in [-0.39, 0.29) is 5.38 Å². The van der Waals surface area contributed by atoms with Gasteiger partial charge in [-0.15, -0.1) is 11.6 Å². The molecule has 1 heterocycles. The van der Waals surface area contributed by atoms with Gasteiger partial charge in [0.25, 0.3) is 0 Å². The van der Waals surface area contributed by atoms with Crippen LogP contribution >= 0.6 is 11.6 Å². The molecule has 0 spiro atoms. The van der Waals surface area contributed by atoms with Crippen LogP contribution in [0.1, 0.15) is 29.0 Å². The van der Waals surface area contributed by atoms with Crippen LogP contribution in [0.3, 0.4) is 0 Å². The fourth-order valence-corrected chi connectivity index (χ4v) is 2.86. The Kier molecular flexibility index (Phi) is 4.07. The number of halogens is 1. The molecule has 0 amide bonds. The van der Waals surface area contributed by atoms with E-state index in [1.807, 2.05) is 30.3 Å². The molecule has 2 nitrogen and oxygen atoms in total. The molecule has 1 aliphatic rings. The van der Waals surface area contributed by atoms with Gasteiger partial charge >= 0.3 is 0 Å². The van der Waals surface area contributed by atoms with Gasteiger partial charge in [0, 0.05) is 5.92 Å². The van der Waals surface area contributed by atoms with Gasteiger partial charge in [-0.2, -0.15) is 0 Å². The molecule has 1 aliphatic heterocycles. The maximum atomic E-state index is 6.65. The van der Waals surface area contributed by atoms with Crippen molar-refractivity contribution in [1.29, 1.82) is 0 Å². The Labute approximate surface area is 130 Å². The summed E-state index contributed by atoms with van der Waals surface area (Å²) >= 11 is 6.65. The van der Waals surface area contributed by atoms with Crippen LogP contribution in [0, 0.1) is 12.8 Å². The van der Waals surface area contributed by atoms with Crippen LogP contribution < -0.4 is 9.47 Å². The molecule has 0 fully saturated rings. The molecule has 2 atom stereocenters. The standard InChI is InChI=1S/C18H19ClO2/c1-12-10-20-16-8-7-14(9-17(16)21-11-12)18(19)15-6-4-3-5-13(15)2/h3-9,12,18H,10-11H2,1-2H3. The highest BCUT2D eigenvalue weighted by Gasteiger charge is 2.19. The largest absolute Gasteiger partial charge is 0.489 e. The van der Waals surface area contributed by atoms with Gasteiger partial charge in [0.2, 0.25) is 0 Å². The minimum atomic E-state index is -0.180. The Hall–Kier alpha value is -1.67. The molecule has 0 N–H and O–H groups in total. The van der Waals surface area contributed by atoms with Gasteiger partial charge in [0.15, 0.2) is 11.5 Å². The van der Waals surface area contributed by atoms with Gasteiger partial charge in [-0.25, -0.2) is 0 Å². The lowest BCUT2D eigenvalue weighted by atomic mass is 10.00. The maximum Gasteiger partial charge on any atom is 0.161 e. The number of alkyl halides is 1. The summed E-state index contributed by atoms with van der Waals surface area (Å²) in [4.78, 5) is 0. The first-order chi connectivity index (χ1) is 10.1. The van der Waals surface area contributed by atoms with Crippen LogP contribution in [0.2, 0.25) is 0 Å². The van der Waals surface area contributed by atoms with Crippen molar-refractivity contribution in [3.05, 3.63) is 59.2 Å². The van der Waals surface area contributed by atoms with Gasteiger partial charge < -0.3 is 9.47 Å². The van der Waals surface area contributed by atoms with E-state index in [1.165, 1.54) is 5.56 Å². The zero-order valence-corrected chi connectivity index (χ0v) is 13.1. The van der Waals surface area contributed by atoms with E-state index in [0.29, 0.717) is 19.1 Å². The van der Waals surface area contributed by atoms with Gasteiger partial charge in [-0.3, -0.25) is 0 Å². The molecule has 21 heavy (non-hydrogen) atoms. The van der Waals surface area contributed by atoms with E-state index in [4.69, 9.17) is 21.1 Å². The van der Waals surface area contributed by atoms with Crippen molar-refractivity contribution < 1.29 is 9.47 Å². The monoisotopic (exact) mass is 302 g/mol. The summed E-state index contributed by atoms with van der Waals surface area (Å²) in [7, 11) is 0. The van der Waals surface area contributed by atoms with Crippen LogP contribution in [0.5, 0.6) is 11.5 Å². The first kappa shape index (κ1) is 14.3. The van der Waals surface area contributed by atoms with Crippen molar-refractivity contribution in [1.82, 2.24) is 0 Å². The minimum absolute atomic E-state index is 0.180. The van der Waals surface area contributed by atoms with E-state index < -0.39 is 0 Å². The predicted molar refractivity (Wildman–Crippen MR) is 85.5 cm³/mol. The summed E-state index contributed by atoms with van der Waals surface area (Å²) in [6.07, 6.45) is 0. The van der Waals surface area contributed by atoms with Gasteiger partial charge in [-0.05, 0) is 35.7 Å². The minimum Gasteiger partial charge on any atom is -0.489 e. The number of rotatable bonds is 2. The Balaban J connectivity index is 1.92. The highest BCUT2D eigenvalue weighted by atomic mass is 35.5. The van der Waals surface area contributed by atoms with Crippen molar-refractivity contribution in [2.75, 3.05) is 13.2 Å². The van der Waals surface area contributed by atoms with Gasteiger partial charge in [-0.1, -0.05) is 37.3 Å². The van der Waals surface area contributed by atoms with Gasteiger partial charge in [0.05, 0.1) is 18.6 Å². The van der Waals surface area contributed by atoms with E-state index in [9.17, 15) is 0 Å². The zero-order valence-electron chi connectivity index (χ0n) is 12.3. The van der Waals surface area contributed by atoms with Crippen molar-refractivity contribution in [3.63, 3.8) is 0 Å². The molecule has 2 aromatic carbocycles. The van der Waals surface area contributed by atoms with Crippen LogP contribution in [0.25, 0.3) is 0 Å². The summed E-state index contributed by atoms with van der Waals surface area (Å²) in [5.74, 6) is 1.98. The number of benzene rings is 2. The lowest BCUT2D eigenvalue weighted by molar-refractivity contribution is 0.228. The lowest BCUT2D eigenvalue weighted by Gasteiger charge is -2.15. The molecule has 0 aromatic heterocycles. The molecule has 0 radical (unpaired) electrons. The number of hydrogen-bond acceptors (Lipinski definition) is 2. The van der Waals surface area contributed by atoms with Crippen molar-refractivity contribution in [2.24, 2.45) is 5.92 Å². The molecule has 2 aromatic rings. The number of fused-ring (bicyclic) bond motifs is 1. The summed E-state index contributed by atoms with van der Waals surface area (Å²) in [6, 6.07) is 14.2. The Morgan fingerprint density at radius 1 is 1.05 bits per heavy atom. The summed E-state index contributed by atoms with van der Waals surface area (Å²) < 4.78 is 11.6. The highest BCUT2D eigenvalue weighted by Crippen LogP contribution is 2.37. The molecule has 110 valence electrons. The zero-order chi connectivity index (χ0) is 14.8. The lowest BCUT2D eigenvalue weighted by Crippen LogP contribution is -2.12. The fourth-order valence-electron chi connectivity index (χ4n) is 2.48. The molecule has 3 heteroatoms. The predicted octanol–water partition coefficient (Wildman–Crippen LogP) is 4.73. The average Bonchev–Trinajstić information content (AvgIpc) is 2.69. The van der Waals surface area contributed by atoms with Gasteiger partial charge in [0.1, 0.15) is 0 Å². The van der Waals surface area contributed by atoms with Crippen molar-refractivity contribution in [3.8, 4) is 11.5 Å². The first-order valence-corrected chi connectivity index (χ1v) is 7.68. The molecular formula is C18H19ClO2. The highest BCUT2D eigenvalue weighted by molar-refractivity contribution is 6.22. The van der Waals surface area contributed by atoms with Crippen LogP contribution in [-0.2, 0) is 0 Å². The molecule has 3 rings (SSSR count). The second-order valence-electron chi connectivity index (χ2n) is 5.65. The number of ether oxygens (including phenoxy) is 2. The summed E-state index contributed by atoms with van der Waals surface area (Å²) in [6.45, 7) is 5.56. The summed E-state index contributed by atoms with van der Waals surface area (Å²) in [5, 5.41) is -0.180. The Morgan fingerprint density at radius 2 is 1.76 bits per heavy atom. The molecule has 0 bridgehead atoms. The molecule has 0 saturated carbocycles. The van der Waals surface area contributed by atoms with E-state index in [1.54, 1.807) is 0 Å². The average molecular weight is 303 g/mol. The molecular weight excluding hydrogens is 284 g/mol. The van der Waals surface area contributed by atoms with Crippen LogP contribution in [0.4, 0.5) is 0 Å². The number of hydrogen-bond donors (Lipinski definition) is 0. The fraction of sp³-hybridized carbons (Fsp3) is 0.333. The quantitative estimate of drug-likeness (QED) is 0.747. The second kappa shape index (κ2) is 5.98. The summed E-state index contributed by atoms with van der Waals surface area (Å²) in [5.41, 5.74) is 3.35. The third-order valence-electron chi connectivity index (χ3n) is 3.77. The second-order valence-corrected chi connectivity index (χ2v) is 6.09. The SMILES string of the molecule is Cc1ccccc1C(Cl)c1ccc2c(c1)OCC(C)CO2. The molecule has 0 saturated heterocycles. The third-order valence-corrected chi connectivity index (χ3v) is 4.26. The first-order valence-electron chi connectivity index (χ1n) is 7.24. The van der Waals surface area contributed by atoms with E-state index >= 15 is 0 Å². The smallest absolute Gasteiger partial charge is 0.161 e. The van der Waals surface area contributed by atoms with Crippen molar-refractivity contribution >= 4 is 11.6 Å². The molecule has 0 aliphatic carbocycles. The topological polar surface area (TPSA) is 18.5 Å².